The lowest BCUT2D eigenvalue weighted by atomic mass is 9.82. The van der Waals surface area contributed by atoms with Gasteiger partial charge in [0.15, 0.2) is 0 Å². The average molecular weight is 422 g/mol. The van der Waals surface area contributed by atoms with E-state index in [4.69, 9.17) is 4.74 Å². The number of rotatable bonds is 3. The van der Waals surface area contributed by atoms with Crippen molar-refractivity contribution in [1.29, 1.82) is 0 Å². The lowest BCUT2D eigenvalue weighted by Crippen LogP contribution is -2.48. The first-order valence-electron chi connectivity index (χ1n) is 9.31. The third-order valence-electron chi connectivity index (χ3n) is 5.49. The van der Waals surface area contributed by atoms with Crippen molar-refractivity contribution in [3.8, 4) is 0 Å². The van der Waals surface area contributed by atoms with Crippen LogP contribution in [0.4, 0.5) is 0 Å². The molecule has 0 aromatic heterocycles. The highest BCUT2D eigenvalue weighted by atomic mass is 79.9. The van der Waals surface area contributed by atoms with Crippen LogP contribution in [-0.2, 0) is 9.53 Å². The molecule has 1 unspecified atom stereocenters. The van der Waals surface area contributed by atoms with Crippen molar-refractivity contribution in [3.05, 3.63) is 34.7 Å². The predicted octanol–water partition coefficient (Wildman–Crippen LogP) is 3.83. The number of carbonyl (C=O) groups is 1. The van der Waals surface area contributed by atoms with E-state index in [1.807, 2.05) is 29.0 Å². The Balaban J connectivity index is 1.96. The van der Waals surface area contributed by atoms with E-state index in [1.165, 1.54) is 12.8 Å². The van der Waals surface area contributed by atoms with Gasteiger partial charge >= 0.3 is 0 Å². The molecule has 0 aromatic carbocycles. The van der Waals surface area contributed by atoms with Crippen LogP contribution in [0.15, 0.2) is 39.7 Å². The minimum Gasteiger partial charge on any atom is -0.379 e. The number of allylic oxidation sites excluding steroid dienone is 2. The second-order valence-corrected chi connectivity index (χ2v) is 8.80. The summed E-state index contributed by atoms with van der Waals surface area (Å²) in [5.74, 6) is 0.753. The van der Waals surface area contributed by atoms with Crippen molar-refractivity contribution < 1.29 is 9.53 Å². The van der Waals surface area contributed by atoms with Gasteiger partial charge in [-0.25, -0.2) is 4.99 Å². The minimum atomic E-state index is -0.0899. The van der Waals surface area contributed by atoms with Gasteiger partial charge in [-0.15, -0.1) is 0 Å². The highest BCUT2D eigenvalue weighted by Gasteiger charge is 2.42. The Morgan fingerprint density at radius 1 is 1.42 bits per heavy atom. The van der Waals surface area contributed by atoms with Gasteiger partial charge in [0.1, 0.15) is 11.5 Å². The van der Waals surface area contributed by atoms with Crippen molar-refractivity contribution in [2.45, 2.75) is 45.6 Å². The molecule has 26 heavy (non-hydrogen) atoms. The Hall–Kier alpha value is -1.40. The van der Waals surface area contributed by atoms with Crippen molar-refractivity contribution in [3.63, 3.8) is 0 Å². The molecule has 0 radical (unpaired) electrons. The summed E-state index contributed by atoms with van der Waals surface area (Å²) in [6.45, 7) is 10.3. The molecular weight excluding hydrogens is 394 g/mol. The van der Waals surface area contributed by atoms with Crippen LogP contribution < -0.4 is 0 Å². The molecule has 0 aromatic rings. The Morgan fingerprint density at radius 3 is 2.77 bits per heavy atom. The second-order valence-electron chi connectivity index (χ2n) is 7.79. The SMILES string of the molecule is C=C(Br)/C=C1/N=C(C(=O)N2CCCCCC2C)C=C(C2(C)COC2)N1C. The molecule has 0 spiro atoms. The first kappa shape index (κ1) is 19.4. The fourth-order valence-corrected chi connectivity index (χ4v) is 4.02. The van der Waals surface area contributed by atoms with Crippen LogP contribution in [0.3, 0.4) is 0 Å². The van der Waals surface area contributed by atoms with E-state index in [-0.39, 0.29) is 17.4 Å². The number of nitrogens with zero attached hydrogens (tertiary/aromatic N) is 3. The van der Waals surface area contributed by atoms with Gasteiger partial charge in [-0.05, 0) is 38.8 Å². The van der Waals surface area contributed by atoms with Crippen LogP contribution in [-0.4, -0.2) is 54.3 Å². The molecule has 0 N–H and O–H groups in total. The van der Waals surface area contributed by atoms with Gasteiger partial charge in [0, 0.05) is 29.8 Å². The number of ether oxygens (including phenoxy) is 1. The third kappa shape index (κ3) is 3.81. The third-order valence-corrected chi connectivity index (χ3v) is 5.72. The van der Waals surface area contributed by atoms with Crippen LogP contribution in [0.1, 0.15) is 39.5 Å². The van der Waals surface area contributed by atoms with Crippen molar-refractivity contribution in [2.75, 3.05) is 26.8 Å². The monoisotopic (exact) mass is 421 g/mol. The highest BCUT2D eigenvalue weighted by Crippen LogP contribution is 2.40. The van der Waals surface area contributed by atoms with Gasteiger partial charge in [0.05, 0.1) is 18.6 Å². The fraction of sp³-hybridized carbons (Fsp3) is 0.600. The summed E-state index contributed by atoms with van der Waals surface area (Å²) in [4.78, 5) is 22.0. The number of hydrogen-bond acceptors (Lipinski definition) is 4. The predicted molar refractivity (Wildman–Crippen MR) is 108 cm³/mol. The first-order valence-corrected chi connectivity index (χ1v) is 10.1. The van der Waals surface area contributed by atoms with Gasteiger partial charge in [-0.1, -0.05) is 35.4 Å². The van der Waals surface area contributed by atoms with Crippen molar-refractivity contribution >= 4 is 27.5 Å². The van der Waals surface area contributed by atoms with Gasteiger partial charge in [-0.3, -0.25) is 4.79 Å². The van der Waals surface area contributed by atoms with Crippen LogP contribution >= 0.6 is 15.9 Å². The molecular formula is C20H28BrN3O2. The number of halogens is 1. The smallest absolute Gasteiger partial charge is 0.272 e. The zero-order valence-corrected chi connectivity index (χ0v) is 17.5. The molecule has 3 rings (SSSR count). The molecule has 3 aliphatic rings. The average Bonchev–Trinajstić information content (AvgIpc) is 2.78. The van der Waals surface area contributed by atoms with Crippen LogP contribution in [0.5, 0.6) is 0 Å². The Morgan fingerprint density at radius 2 is 2.15 bits per heavy atom. The van der Waals surface area contributed by atoms with E-state index in [1.54, 1.807) is 0 Å². The standard InChI is InChI=1S/C20H28BrN3O2/c1-14(21)10-18-22-16(11-17(23(18)4)20(3)12-26-13-20)19(25)24-9-7-5-6-8-15(24)2/h10-11,15H,1,5-9,12-13H2,2-4H3/b18-10-. The zero-order valence-electron chi connectivity index (χ0n) is 15.9. The number of aliphatic imine (C=N–C) groups is 1. The molecule has 2 saturated heterocycles. The van der Waals surface area contributed by atoms with Crippen molar-refractivity contribution in [1.82, 2.24) is 9.80 Å². The molecule has 0 aliphatic carbocycles. The summed E-state index contributed by atoms with van der Waals surface area (Å²) in [7, 11) is 1.98. The zero-order chi connectivity index (χ0) is 18.9. The summed E-state index contributed by atoms with van der Waals surface area (Å²) in [5, 5.41) is 0. The number of carbonyl (C=O) groups excluding carboxylic acids is 1. The van der Waals surface area contributed by atoms with Gasteiger partial charge in [0.25, 0.3) is 5.91 Å². The highest BCUT2D eigenvalue weighted by molar-refractivity contribution is 9.11. The Labute approximate surface area is 164 Å². The number of amides is 1. The number of hydrogen-bond donors (Lipinski definition) is 0. The molecule has 1 amide bonds. The molecule has 5 nitrogen and oxygen atoms in total. The topological polar surface area (TPSA) is 45.1 Å². The van der Waals surface area contributed by atoms with Gasteiger partial charge in [-0.2, -0.15) is 0 Å². The lowest BCUT2D eigenvalue weighted by molar-refractivity contribution is -0.125. The fourth-order valence-electron chi connectivity index (χ4n) is 3.82. The molecule has 142 valence electrons. The van der Waals surface area contributed by atoms with E-state index >= 15 is 0 Å². The Kier molecular flexibility index (Phi) is 5.72. The molecule has 0 bridgehead atoms. The summed E-state index contributed by atoms with van der Waals surface area (Å²) < 4.78 is 6.18. The lowest BCUT2D eigenvalue weighted by Gasteiger charge is -2.45. The summed E-state index contributed by atoms with van der Waals surface area (Å²) in [5.41, 5.74) is 1.50. The van der Waals surface area contributed by atoms with Crippen LogP contribution in [0, 0.1) is 5.41 Å². The molecule has 3 aliphatic heterocycles. The summed E-state index contributed by atoms with van der Waals surface area (Å²) in [6, 6.07) is 0.255. The van der Waals surface area contributed by atoms with E-state index in [9.17, 15) is 4.79 Å². The summed E-state index contributed by atoms with van der Waals surface area (Å²) in [6.07, 6.45) is 8.31. The molecule has 2 fully saturated rings. The van der Waals surface area contributed by atoms with E-state index in [2.05, 4.69) is 41.3 Å². The van der Waals surface area contributed by atoms with E-state index in [0.29, 0.717) is 18.9 Å². The maximum atomic E-state index is 13.3. The maximum absolute atomic E-state index is 13.3. The van der Waals surface area contributed by atoms with Crippen molar-refractivity contribution in [2.24, 2.45) is 10.4 Å². The second kappa shape index (κ2) is 7.69. The maximum Gasteiger partial charge on any atom is 0.272 e. The quantitative estimate of drug-likeness (QED) is 0.695. The van der Waals surface area contributed by atoms with E-state index < -0.39 is 0 Å². The van der Waals surface area contributed by atoms with Gasteiger partial charge < -0.3 is 14.5 Å². The van der Waals surface area contributed by atoms with Crippen LogP contribution in [0.2, 0.25) is 0 Å². The summed E-state index contributed by atoms with van der Waals surface area (Å²) >= 11 is 3.39. The molecule has 1 atom stereocenters. The van der Waals surface area contributed by atoms with Gasteiger partial charge in [0.2, 0.25) is 0 Å². The molecule has 3 heterocycles. The van der Waals surface area contributed by atoms with E-state index in [0.717, 1.165) is 35.4 Å². The van der Waals surface area contributed by atoms with Crippen LogP contribution in [0.25, 0.3) is 0 Å². The number of likely N-dealkylation sites (tertiary alicyclic amines) is 1. The molecule has 0 saturated carbocycles. The normalized spacial score (nSPS) is 27.4. The first-order chi connectivity index (χ1) is 12.3. The largest absolute Gasteiger partial charge is 0.379 e. The minimum absolute atomic E-state index is 0.0277. The Bertz CT molecular complexity index is 691. The molecule has 6 heteroatoms.